The van der Waals surface area contributed by atoms with E-state index >= 15 is 0 Å². The van der Waals surface area contributed by atoms with E-state index < -0.39 is 0 Å². The zero-order valence-corrected chi connectivity index (χ0v) is 20.9. The summed E-state index contributed by atoms with van der Waals surface area (Å²) in [5, 5.41) is 2.87. The van der Waals surface area contributed by atoms with E-state index in [-0.39, 0.29) is 29.6 Å². The van der Waals surface area contributed by atoms with E-state index in [4.69, 9.17) is 4.42 Å². The summed E-state index contributed by atoms with van der Waals surface area (Å²) in [6.45, 7) is 1.82. The third kappa shape index (κ3) is 4.56. The summed E-state index contributed by atoms with van der Waals surface area (Å²) >= 11 is 0. The minimum atomic E-state index is -0.201. The molecule has 1 N–H and O–H groups in total. The van der Waals surface area contributed by atoms with Crippen LogP contribution in [0.25, 0.3) is 0 Å². The second-order valence-electron chi connectivity index (χ2n) is 10.8. The van der Waals surface area contributed by atoms with Crippen LogP contribution in [0.4, 0.5) is 4.79 Å². The molecule has 0 bridgehead atoms. The molecule has 0 radical (unpaired) electrons. The van der Waals surface area contributed by atoms with Gasteiger partial charge in [-0.2, -0.15) is 0 Å². The molecular weight excluding hydrogens is 442 g/mol. The molecule has 8 heteroatoms. The predicted octanol–water partition coefficient (Wildman–Crippen LogP) is 3.60. The largest absolute Gasteiger partial charge is 0.451 e. The van der Waals surface area contributed by atoms with Crippen molar-refractivity contribution in [3.8, 4) is 0 Å². The highest BCUT2D eigenvalue weighted by Crippen LogP contribution is 2.49. The molecule has 2 aliphatic carbocycles. The smallest absolute Gasteiger partial charge is 0.321 e. The van der Waals surface area contributed by atoms with Gasteiger partial charge in [0.2, 0.25) is 5.91 Å². The van der Waals surface area contributed by atoms with Gasteiger partial charge in [0, 0.05) is 18.6 Å². The third-order valence-electron chi connectivity index (χ3n) is 8.68. The van der Waals surface area contributed by atoms with Crippen LogP contribution < -0.4 is 5.32 Å². The van der Waals surface area contributed by atoms with Crippen LogP contribution in [0.5, 0.6) is 0 Å². The summed E-state index contributed by atoms with van der Waals surface area (Å²) in [4.78, 5) is 36.6. The number of oxazole rings is 1. The van der Waals surface area contributed by atoms with Crippen LogP contribution in [-0.2, 0) is 16.9 Å². The average Bonchev–Trinajstić information content (AvgIpc) is 3.43. The number of hydrogen-bond acceptors (Lipinski definition) is 5. The summed E-state index contributed by atoms with van der Waals surface area (Å²) in [7, 11) is 4.34. The molecule has 1 aliphatic heterocycles. The van der Waals surface area contributed by atoms with Crippen molar-refractivity contribution in [2.45, 2.75) is 62.6 Å². The summed E-state index contributed by atoms with van der Waals surface area (Å²) < 4.78 is 4.97. The number of carbonyl (C=O) groups excluding carboxylic acids is 2. The number of benzene rings is 1. The van der Waals surface area contributed by atoms with Crippen LogP contribution >= 0.6 is 0 Å². The van der Waals surface area contributed by atoms with Crippen LogP contribution in [0.2, 0.25) is 0 Å². The number of hydrogen-bond donors (Lipinski definition) is 1. The lowest BCUT2D eigenvalue weighted by Gasteiger charge is -2.51. The van der Waals surface area contributed by atoms with E-state index in [2.05, 4.69) is 64.5 Å². The standard InChI is InChI=1S/C27H37N5O3/c1-30(2)27(22-9-4-3-5-10-22)13-11-26(12-14-27)19-31(25(34)32(26)16-21-7-6-8-21)17-24(33)28-15-23-18-35-20-29-23/h3-5,9-10,18,20-21H,6-8,11-17,19H2,1-2H3,(H,28,33). The van der Waals surface area contributed by atoms with Gasteiger partial charge in [0.05, 0.1) is 17.8 Å². The molecule has 188 valence electrons. The van der Waals surface area contributed by atoms with Crippen molar-refractivity contribution in [2.75, 3.05) is 33.7 Å². The normalized spacial score (nSPS) is 27.0. The number of urea groups is 1. The molecular formula is C27H37N5O3. The molecule has 2 aromatic rings. The van der Waals surface area contributed by atoms with Gasteiger partial charge >= 0.3 is 6.03 Å². The molecule has 1 aromatic carbocycles. The van der Waals surface area contributed by atoms with Crippen molar-refractivity contribution in [1.82, 2.24) is 25.0 Å². The van der Waals surface area contributed by atoms with Gasteiger partial charge in [-0.3, -0.25) is 9.69 Å². The van der Waals surface area contributed by atoms with E-state index in [9.17, 15) is 9.59 Å². The summed E-state index contributed by atoms with van der Waals surface area (Å²) in [5.74, 6) is 0.427. The van der Waals surface area contributed by atoms with Crippen LogP contribution in [0.15, 0.2) is 47.4 Å². The van der Waals surface area contributed by atoms with Crippen LogP contribution in [0.3, 0.4) is 0 Å². The highest BCUT2D eigenvalue weighted by molar-refractivity contribution is 5.86. The van der Waals surface area contributed by atoms with E-state index in [0.717, 1.165) is 32.2 Å². The lowest BCUT2D eigenvalue weighted by Crippen LogP contribution is -2.56. The average molecular weight is 480 g/mol. The number of carbonyl (C=O) groups is 2. The molecule has 1 aromatic heterocycles. The molecule has 2 heterocycles. The van der Waals surface area contributed by atoms with Gasteiger partial charge in [-0.15, -0.1) is 0 Å². The summed E-state index contributed by atoms with van der Waals surface area (Å²) in [6, 6.07) is 10.8. The lowest BCUT2D eigenvalue weighted by atomic mass is 9.68. The highest BCUT2D eigenvalue weighted by atomic mass is 16.3. The fourth-order valence-electron chi connectivity index (χ4n) is 6.25. The van der Waals surface area contributed by atoms with E-state index in [1.54, 1.807) is 4.90 Å². The Morgan fingerprint density at radius 2 is 1.91 bits per heavy atom. The Balaban J connectivity index is 1.31. The Hall–Kier alpha value is -2.87. The maximum Gasteiger partial charge on any atom is 0.321 e. The number of amides is 3. The first-order valence-corrected chi connectivity index (χ1v) is 12.9. The van der Waals surface area contributed by atoms with Crippen LogP contribution in [0.1, 0.15) is 56.2 Å². The quantitative estimate of drug-likeness (QED) is 0.626. The van der Waals surface area contributed by atoms with Gasteiger partial charge in [-0.25, -0.2) is 9.78 Å². The molecule has 8 nitrogen and oxygen atoms in total. The fourth-order valence-corrected chi connectivity index (χ4v) is 6.25. The van der Waals surface area contributed by atoms with Crippen molar-refractivity contribution in [2.24, 2.45) is 5.92 Å². The fraction of sp³-hybridized carbons (Fsp3) is 0.593. The number of aromatic nitrogens is 1. The van der Waals surface area contributed by atoms with Gasteiger partial charge in [0.1, 0.15) is 12.8 Å². The zero-order valence-electron chi connectivity index (χ0n) is 20.9. The molecule has 35 heavy (non-hydrogen) atoms. The molecule has 3 aliphatic rings. The van der Waals surface area contributed by atoms with Crippen molar-refractivity contribution in [3.63, 3.8) is 0 Å². The lowest BCUT2D eigenvalue weighted by molar-refractivity contribution is -0.121. The van der Waals surface area contributed by atoms with Gasteiger partial charge in [-0.05, 0) is 64.1 Å². The second-order valence-corrected chi connectivity index (χ2v) is 10.8. The van der Waals surface area contributed by atoms with Crippen molar-refractivity contribution in [1.29, 1.82) is 0 Å². The highest BCUT2D eigenvalue weighted by Gasteiger charge is 2.55. The minimum Gasteiger partial charge on any atom is -0.451 e. The van der Waals surface area contributed by atoms with Gasteiger partial charge in [0.25, 0.3) is 0 Å². The van der Waals surface area contributed by atoms with Crippen LogP contribution in [0, 0.1) is 5.92 Å². The first kappa shape index (κ1) is 23.9. The minimum absolute atomic E-state index is 0.0190. The molecule has 3 fully saturated rings. The molecule has 2 saturated carbocycles. The second kappa shape index (κ2) is 9.64. The Bertz CT molecular complexity index is 1010. The topological polar surface area (TPSA) is 81.9 Å². The first-order chi connectivity index (χ1) is 16.9. The SMILES string of the molecule is CN(C)C1(c2ccccc2)CCC2(CC1)CN(CC(=O)NCc1cocn1)C(=O)N2CC1CCC1. The zero-order chi connectivity index (χ0) is 24.5. The summed E-state index contributed by atoms with van der Waals surface area (Å²) in [5.41, 5.74) is 1.79. The molecule has 1 spiro atoms. The van der Waals surface area contributed by atoms with Crippen molar-refractivity contribution < 1.29 is 14.0 Å². The number of rotatable bonds is 8. The van der Waals surface area contributed by atoms with Gasteiger partial charge < -0.3 is 19.5 Å². The molecule has 1 saturated heterocycles. The van der Waals surface area contributed by atoms with E-state index in [0.29, 0.717) is 24.7 Å². The molecule has 0 atom stereocenters. The number of nitrogens with zero attached hydrogens (tertiary/aromatic N) is 4. The van der Waals surface area contributed by atoms with Gasteiger partial charge in [0.15, 0.2) is 6.39 Å². The molecule has 5 rings (SSSR count). The Labute approximate surface area is 207 Å². The molecule has 0 unspecified atom stereocenters. The summed E-state index contributed by atoms with van der Waals surface area (Å²) in [6.07, 6.45) is 10.4. The number of nitrogens with one attached hydrogen (secondary N) is 1. The third-order valence-corrected chi connectivity index (χ3v) is 8.68. The van der Waals surface area contributed by atoms with Gasteiger partial charge in [-0.1, -0.05) is 36.8 Å². The van der Waals surface area contributed by atoms with Crippen molar-refractivity contribution >= 4 is 11.9 Å². The van der Waals surface area contributed by atoms with E-state index in [1.807, 2.05) is 0 Å². The first-order valence-electron chi connectivity index (χ1n) is 12.9. The Morgan fingerprint density at radius 1 is 1.17 bits per heavy atom. The Morgan fingerprint density at radius 3 is 2.51 bits per heavy atom. The maximum atomic E-state index is 13.6. The van der Waals surface area contributed by atoms with E-state index in [1.165, 1.54) is 37.5 Å². The molecule has 3 amide bonds. The Kier molecular flexibility index (Phi) is 6.57. The van der Waals surface area contributed by atoms with Crippen molar-refractivity contribution in [3.05, 3.63) is 54.2 Å². The van der Waals surface area contributed by atoms with Crippen LogP contribution in [-0.4, -0.2) is 70.9 Å². The predicted molar refractivity (Wildman–Crippen MR) is 132 cm³/mol. The monoisotopic (exact) mass is 479 g/mol. The maximum absolute atomic E-state index is 13.6.